The van der Waals surface area contributed by atoms with E-state index in [0.29, 0.717) is 6.54 Å². The van der Waals surface area contributed by atoms with Crippen LogP contribution in [0.5, 0.6) is 0 Å². The molecule has 1 amide bonds. The minimum Gasteiger partial charge on any atom is -0.435 e. The number of rotatable bonds is 7. The van der Waals surface area contributed by atoms with Crippen molar-refractivity contribution in [3.8, 4) is 0 Å². The molecule has 0 aromatic heterocycles. The van der Waals surface area contributed by atoms with Crippen molar-refractivity contribution in [1.82, 2.24) is 0 Å². The Hall–Kier alpha value is -1.10. The number of nitrogens with zero attached hydrogens (tertiary/aromatic N) is 1. The smallest absolute Gasteiger partial charge is 0.435 e. The summed E-state index contributed by atoms with van der Waals surface area (Å²) in [5.41, 5.74) is 5.31. The van der Waals surface area contributed by atoms with Crippen molar-refractivity contribution in [2.45, 2.75) is 45.4 Å². The fourth-order valence-electron chi connectivity index (χ4n) is 1.53. The minimum absolute atomic E-state index is 0.305. The van der Waals surface area contributed by atoms with Gasteiger partial charge in [0.05, 0.1) is 13.6 Å². The van der Waals surface area contributed by atoms with Gasteiger partial charge in [0, 0.05) is 0 Å². The van der Waals surface area contributed by atoms with E-state index >= 15 is 0 Å². The zero-order valence-electron chi connectivity index (χ0n) is 10.3. The van der Waals surface area contributed by atoms with E-state index in [1.54, 1.807) is 0 Å². The van der Waals surface area contributed by atoms with Crippen LogP contribution in [0.25, 0.3) is 0 Å². The number of carbonyl (C=O) groups is 1. The molecular weight excluding hydrogens is 206 g/mol. The van der Waals surface area contributed by atoms with Crippen molar-refractivity contribution in [3.63, 3.8) is 0 Å². The van der Waals surface area contributed by atoms with Gasteiger partial charge in [-0.1, -0.05) is 32.6 Å². The van der Waals surface area contributed by atoms with Gasteiger partial charge < -0.3 is 10.8 Å². The number of amides is 1. The molecule has 94 valence electrons. The third-order valence-corrected chi connectivity index (χ3v) is 2.91. The van der Waals surface area contributed by atoms with E-state index in [1.807, 2.05) is 0 Å². The second kappa shape index (κ2) is 7.22. The minimum atomic E-state index is -1.05. The number of hydrogen-bond acceptors (Lipinski definition) is 2. The fourth-order valence-corrected chi connectivity index (χ4v) is 1.53. The summed E-state index contributed by atoms with van der Waals surface area (Å²) in [6, 6.07) is 0. The molecule has 4 N–H and O–H groups in total. The van der Waals surface area contributed by atoms with Crippen LogP contribution in [0.15, 0.2) is 0 Å². The van der Waals surface area contributed by atoms with Crippen LogP contribution in [0.2, 0.25) is 0 Å². The van der Waals surface area contributed by atoms with Crippen LogP contribution in [0.3, 0.4) is 0 Å². The highest BCUT2D eigenvalue weighted by molar-refractivity contribution is 5.78. The molecule has 0 aliphatic rings. The van der Waals surface area contributed by atoms with Gasteiger partial charge in [-0.05, 0) is 12.8 Å². The molecule has 5 nitrogen and oxygen atoms in total. The van der Waals surface area contributed by atoms with Crippen molar-refractivity contribution in [1.29, 1.82) is 5.41 Å². The quantitative estimate of drug-likeness (QED) is 0.271. The summed E-state index contributed by atoms with van der Waals surface area (Å²) in [5, 5.41) is 16.3. The lowest BCUT2D eigenvalue weighted by Crippen LogP contribution is -2.56. The first kappa shape index (κ1) is 14.9. The first-order valence-corrected chi connectivity index (χ1v) is 5.88. The van der Waals surface area contributed by atoms with E-state index in [1.165, 1.54) is 26.3 Å². The average molecular weight is 230 g/mol. The number of carboxylic acid groups (broad SMARTS) is 1. The second-order valence-electron chi connectivity index (χ2n) is 4.35. The Morgan fingerprint density at radius 1 is 1.25 bits per heavy atom. The molecular formula is C11H24N3O2+. The van der Waals surface area contributed by atoms with Gasteiger partial charge in [0.2, 0.25) is 0 Å². The lowest BCUT2D eigenvalue weighted by Gasteiger charge is -2.24. The standard InChI is InChI=1S/C11H23N3O2/c1-3-4-5-6-7-8-9-14(2,10(12)13)11(15)16/h3-9H2,1-2H3,(H3-,12,13,15,16)/p+1. The van der Waals surface area contributed by atoms with Gasteiger partial charge in [0.25, 0.3) is 0 Å². The Morgan fingerprint density at radius 2 is 1.75 bits per heavy atom. The molecule has 0 rings (SSSR count). The predicted octanol–water partition coefficient (Wildman–Crippen LogP) is 2.36. The molecule has 0 spiro atoms. The number of guanidine groups is 1. The monoisotopic (exact) mass is 230 g/mol. The van der Waals surface area contributed by atoms with Crippen molar-refractivity contribution in [2.75, 3.05) is 13.6 Å². The summed E-state index contributed by atoms with van der Waals surface area (Å²) in [6.45, 7) is 2.56. The van der Waals surface area contributed by atoms with Crippen LogP contribution in [-0.4, -0.2) is 35.2 Å². The number of nitrogens with one attached hydrogen (secondary N) is 1. The Bertz CT molecular complexity index is 227. The third-order valence-electron chi connectivity index (χ3n) is 2.91. The van der Waals surface area contributed by atoms with Gasteiger partial charge in [-0.25, -0.2) is 5.41 Å². The fraction of sp³-hybridized carbons (Fsp3) is 0.818. The highest BCUT2D eigenvalue weighted by atomic mass is 16.4. The van der Waals surface area contributed by atoms with Crippen molar-refractivity contribution < 1.29 is 14.4 Å². The first-order valence-electron chi connectivity index (χ1n) is 5.88. The van der Waals surface area contributed by atoms with Gasteiger partial charge >= 0.3 is 12.1 Å². The molecule has 0 heterocycles. The van der Waals surface area contributed by atoms with Gasteiger partial charge in [-0.15, -0.1) is 0 Å². The number of quaternary nitrogens is 1. The molecule has 0 bridgehead atoms. The van der Waals surface area contributed by atoms with E-state index in [2.05, 4.69) is 6.92 Å². The first-order chi connectivity index (χ1) is 7.45. The van der Waals surface area contributed by atoms with E-state index in [0.717, 1.165) is 19.3 Å². The molecule has 0 saturated carbocycles. The Kier molecular flexibility index (Phi) is 6.72. The maximum atomic E-state index is 11.0. The average Bonchev–Trinajstić information content (AvgIpc) is 2.22. The van der Waals surface area contributed by atoms with Crippen LogP contribution in [0, 0.1) is 5.41 Å². The lowest BCUT2D eigenvalue weighted by molar-refractivity contribution is -0.747. The van der Waals surface area contributed by atoms with Gasteiger partial charge in [-0.2, -0.15) is 9.28 Å². The van der Waals surface area contributed by atoms with Crippen molar-refractivity contribution in [2.24, 2.45) is 5.73 Å². The molecule has 0 fully saturated rings. The maximum Gasteiger partial charge on any atom is 0.521 e. The van der Waals surface area contributed by atoms with E-state index in [4.69, 9.17) is 16.2 Å². The summed E-state index contributed by atoms with van der Waals surface area (Å²) in [5.74, 6) is -0.305. The largest absolute Gasteiger partial charge is 0.521 e. The Labute approximate surface area is 97.3 Å². The summed E-state index contributed by atoms with van der Waals surface area (Å²) >= 11 is 0. The van der Waals surface area contributed by atoms with Crippen molar-refractivity contribution in [3.05, 3.63) is 0 Å². The zero-order valence-corrected chi connectivity index (χ0v) is 10.3. The van der Waals surface area contributed by atoms with Crippen LogP contribution in [-0.2, 0) is 0 Å². The van der Waals surface area contributed by atoms with Crippen LogP contribution in [0.4, 0.5) is 4.79 Å². The van der Waals surface area contributed by atoms with Gasteiger partial charge in [0.15, 0.2) is 0 Å². The van der Waals surface area contributed by atoms with E-state index in [9.17, 15) is 4.79 Å². The Balaban J connectivity index is 3.88. The summed E-state index contributed by atoms with van der Waals surface area (Å²) < 4.78 is -0.492. The predicted molar refractivity (Wildman–Crippen MR) is 64.4 cm³/mol. The number of hydrogen-bond donors (Lipinski definition) is 3. The lowest BCUT2D eigenvalue weighted by atomic mass is 10.1. The van der Waals surface area contributed by atoms with Crippen LogP contribution >= 0.6 is 0 Å². The van der Waals surface area contributed by atoms with Crippen LogP contribution in [0.1, 0.15) is 45.4 Å². The molecule has 0 aliphatic heterocycles. The molecule has 1 unspecified atom stereocenters. The normalized spacial score (nSPS) is 14.4. The molecule has 0 aliphatic carbocycles. The van der Waals surface area contributed by atoms with Gasteiger partial charge in [-0.3, -0.25) is 0 Å². The second-order valence-corrected chi connectivity index (χ2v) is 4.35. The molecule has 0 aromatic carbocycles. The molecule has 16 heavy (non-hydrogen) atoms. The van der Waals surface area contributed by atoms with Gasteiger partial charge in [0.1, 0.15) is 0 Å². The summed E-state index contributed by atoms with van der Waals surface area (Å²) in [7, 11) is 1.47. The third kappa shape index (κ3) is 4.61. The molecule has 0 saturated heterocycles. The molecule has 5 heteroatoms. The summed E-state index contributed by atoms with van der Waals surface area (Å²) in [6.07, 6.45) is 5.52. The zero-order chi connectivity index (χ0) is 12.6. The van der Waals surface area contributed by atoms with Crippen molar-refractivity contribution >= 4 is 12.1 Å². The Morgan fingerprint density at radius 3 is 2.19 bits per heavy atom. The van der Waals surface area contributed by atoms with E-state index in [-0.39, 0.29) is 5.96 Å². The molecule has 0 radical (unpaired) electrons. The number of nitrogens with two attached hydrogens (primary N) is 1. The highest BCUT2D eigenvalue weighted by Gasteiger charge is 2.35. The maximum absolute atomic E-state index is 11.0. The van der Waals surface area contributed by atoms with E-state index < -0.39 is 10.6 Å². The number of unbranched alkanes of at least 4 members (excludes halogenated alkanes) is 5. The molecule has 1 atom stereocenters. The van der Waals surface area contributed by atoms with Crippen LogP contribution < -0.4 is 5.73 Å². The molecule has 0 aromatic rings. The highest BCUT2D eigenvalue weighted by Crippen LogP contribution is 2.10. The SMILES string of the molecule is CCCCCCCC[N+](C)(C(=N)N)C(=O)O. The summed E-state index contributed by atoms with van der Waals surface area (Å²) in [4.78, 5) is 11.0. The topological polar surface area (TPSA) is 87.2 Å².